The lowest BCUT2D eigenvalue weighted by molar-refractivity contribution is 0.316. The highest BCUT2D eigenvalue weighted by atomic mass is 35.5. The highest BCUT2D eigenvalue weighted by Gasteiger charge is 2.14. The second kappa shape index (κ2) is 6.07. The lowest BCUT2D eigenvalue weighted by atomic mass is 10.1. The predicted octanol–water partition coefficient (Wildman–Crippen LogP) is 4.13. The fourth-order valence-corrected chi connectivity index (χ4v) is 2.87. The minimum atomic E-state index is 0.719. The number of hydrogen-bond donors (Lipinski definition) is 0. The van der Waals surface area contributed by atoms with Crippen LogP contribution in [0.5, 0.6) is 0 Å². The zero-order valence-electron chi connectivity index (χ0n) is 12.9. The standard InChI is InChI=1S/C17H18ClN3O/c1-11-14(12(2)22-20-11)9-21(3)10-15-16(18)7-6-13-5-4-8-19-17(13)15/h4-8H,9-10H2,1-3H3. The Bertz CT molecular complexity index is 793. The van der Waals surface area contributed by atoms with Crippen LogP contribution in [-0.4, -0.2) is 22.1 Å². The van der Waals surface area contributed by atoms with E-state index in [9.17, 15) is 0 Å². The van der Waals surface area contributed by atoms with Crippen LogP contribution in [0.1, 0.15) is 22.6 Å². The van der Waals surface area contributed by atoms with Crippen molar-refractivity contribution in [2.45, 2.75) is 26.9 Å². The first-order chi connectivity index (χ1) is 10.6. The van der Waals surface area contributed by atoms with E-state index in [1.165, 1.54) is 0 Å². The number of aromatic nitrogens is 2. The van der Waals surface area contributed by atoms with E-state index < -0.39 is 0 Å². The Balaban J connectivity index is 1.88. The van der Waals surface area contributed by atoms with Crippen molar-refractivity contribution in [2.24, 2.45) is 0 Å². The monoisotopic (exact) mass is 315 g/mol. The Morgan fingerprint density at radius 3 is 2.64 bits per heavy atom. The molecular weight excluding hydrogens is 298 g/mol. The van der Waals surface area contributed by atoms with E-state index in [-0.39, 0.29) is 0 Å². The summed E-state index contributed by atoms with van der Waals surface area (Å²) >= 11 is 6.39. The maximum atomic E-state index is 6.39. The molecule has 4 nitrogen and oxygen atoms in total. The van der Waals surface area contributed by atoms with Crippen LogP contribution in [0.15, 0.2) is 35.0 Å². The maximum absolute atomic E-state index is 6.39. The van der Waals surface area contributed by atoms with Crippen LogP contribution in [0.4, 0.5) is 0 Å². The maximum Gasteiger partial charge on any atom is 0.138 e. The van der Waals surface area contributed by atoms with Crippen LogP contribution in [0.3, 0.4) is 0 Å². The van der Waals surface area contributed by atoms with Gasteiger partial charge in [0.25, 0.3) is 0 Å². The molecule has 0 amide bonds. The first kappa shape index (κ1) is 15.0. The highest BCUT2D eigenvalue weighted by Crippen LogP contribution is 2.26. The molecule has 0 saturated carbocycles. The molecule has 0 unspecified atom stereocenters. The molecule has 2 heterocycles. The van der Waals surface area contributed by atoms with Gasteiger partial charge in [-0.3, -0.25) is 9.88 Å². The first-order valence-electron chi connectivity index (χ1n) is 7.18. The summed E-state index contributed by atoms with van der Waals surface area (Å²) in [4.78, 5) is 6.68. The van der Waals surface area contributed by atoms with Gasteiger partial charge in [-0.15, -0.1) is 0 Å². The average Bonchev–Trinajstić information content (AvgIpc) is 2.82. The topological polar surface area (TPSA) is 42.2 Å². The van der Waals surface area contributed by atoms with Gasteiger partial charge >= 0.3 is 0 Å². The minimum absolute atomic E-state index is 0.719. The van der Waals surface area contributed by atoms with Gasteiger partial charge in [0.15, 0.2) is 0 Å². The first-order valence-corrected chi connectivity index (χ1v) is 7.56. The van der Waals surface area contributed by atoms with E-state index in [0.29, 0.717) is 0 Å². The van der Waals surface area contributed by atoms with Gasteiger partial charge in [-0.2, -0.15) is 0 Å². The Morgan fingerprint density at radius 2 is 1.91 bits per heavy atom. The number of halogens is 1. The molecule has 0 radical (unpaired) electrons. The average molecular weight is 316 g/mol. The van der Waals surface area contributed by atoms with Crippen LogP contribution in [-0.2, 0) is 13.1 Å². The molecule has 1 aromatic carbocycles. The molecule has 3 aromatic rings. The van der Waals surface area contributed by atoms with Gasteiger partial charge in [-0.25, -0.2) is 0 Å². The summed E-state index contributed by atoms with van der Waals surface area (Å²) in [5.41, 5.74) is 4.08. The fraction of sp³-hybridized carbons (Fsp3) is 0.294. The molecule has 22 heavy (non-hydrogen) atoms. The molecule has 0 saturated heterocycles. The minimum Gasteiger partial charge on any atom is -0.361 e. The molecule has 5 heteroatoms. The predicted molar refractivity (Wildman–Crippen MR) is 87.9 cm³/mol. The van der Waals surface area contributed by atoms with Crippen molar-refractivity contribution in [2.75, 3.05) is 7.05 Å². The fourth-order valence-electron chi connectivity index (χ4n) is 2.65. The molecule has 0 atom stereocenters. The molecular formula is C17H18ClN3O. The van der Waals surface area contributed by atoms with Crippen molar-refractivity contribution in [3.63, 3.8) is 0 Å². The molecule has 0 aliphatic rings. The van der Waals surface area contributed by atoms with Crippen LogP contribution in [0.25, 0.3) is 10.9 Å². The summed E-state index contributed by atoms with van der Waals surface area (Å²) < 4.78 is 5.23. The quantitative estimate of drug-likeness (QED) is 0.726. The van der Waals surface area contributed by atoms with Gasteiger partial charge in [-0.05, 0) is 33.0 Å². The van der Waals surface area contributed by atoms with Gasteiger partial charge < -0.3 is 4.52 Å². The van der Waals surface area contributed by atoms with Crippen molar-refractivity contribution in [1.82, 2.24) is 15.0 Å². The van der Waals surface area contributed by atoms with E-state index in [1.54, 1.807) is 6.20 Å². The second-order valence-corrected chi connectivity index (χ2v) is 5.98. The summed E-state index contributed by atoms with van der Waals surface area (Å²) in [5, 5.41) is 5.86. The largest absolute Gasteiger partial charge is 0.361 e. The van der Waals surface area contributed by atoms with Crippen molar-refractivity contribution in [3.8, 4) is 0 Å². The third-order valence-electron chi connectivity index (χ3n) is 3.86. The van der Waals surface area contributed by atoms with E-state index in [1.807, 2.05) is 32.0 Å². The summed E-state index contributed by atoms with van der Waals surface area (Å²) in [6.07, 6.45) is 1.80. The summed E-state index contributed by atoms with van der Waals surface area (Å²) in [6.45, 7) is 5.39. The summed E-state index contributed by atoms with van der Waals surface area (Å²) in [6, 6.07) is 7.93. The van der Waals surface area contributed by atoms with Gasteiger partial charge in [0.1, 0.15) is 5.76 Å². The molecule has 3 rings (SSSR count). The summed E-state index contributed by atoms with van der Waals surface area (Å²) in [5.74, 6) is 0.867. The summed E-state index contributed by atoms with van der Waals surface area (Å²) in [7, 11) is 2.06. The lowest BCUT2D eigenvalue weighted by Gasteiger charge is -2.18. The molecule has 114 valence electrons. The Morgan fingerprint density at radius 1 is 1.14 bits per heavy atom. The van der Waals surface area contributed by atoms with Gasteiger partial charge in [0.2, 0.25) is 0 Å². The number of nitrogens with zero attached hydrogens (tertiary/aromatic N) is 3. The van der Waals surface area contributed by atoms with Gasteiger partial charge in [-0.1, -0.05) is 28.9 Å². The molecule has 0 aliphatic heterocycles. The van der Waals surface area contributed by atoms with Crippen molar-refractivity contribution in [3.05, 3.63) is 58.1 Å². The van der Waals surface area contributed by atoms with Crippen LogP contribution in [0.2, 0.25) is 5.02 Å². The van der Waals surface area contributed by atoms with Gasteiger partial charge in [0.05, 0.1) is 11.2 Å². The second-order valence-electron chi connectivity index (χ2n) is 5.58. The number of fused-ring (bicyclic) bond motifs is 1. The van der Waals surface area contributed by atoms with E-state index in [4.69, 9.17) is 16.1 Å². The molecule has 0 fully saturated rings. The molecule has 0 N–H and O–H groups in total. The zero-order valence-corrected chi connectivity index (χ0v) is 13.7. The van der Waals surface area contributed by atoms with Crippen LogP contribution in [0, 0.1) is 13.8 Å². The number of pyridine rings is 1. The third kappa shape index (κ3) is 2.85. The lowest BCUT2D eigenvalue weighted by Crippen LogP contribution is -2.18. The molecule has 0 spiro atoms. The zero-order chi connectivity index (χ0) is 15.7. The van der Waals surface area contributed by atoms with Gasteiger partial charge in [0, 0.05) is 40.8 Å². The van der Waals surface area contributed by atoms with E-state index >= 15 is 0 Å². The Hall–Kier alpha value is -1.91. The smallest absolute Gasteiger partial charge is 0.138 e. The molecule has 2 aromatic heterocycles. The molecule has 0 bridgehead atoms. The number of benzene rings is 1. The molecule has 0 aliphatic carbocycles. The van der Waals surface area contributed by atoms with E-state index in [2.05, 4.69) is 28.2 Å². The van der Waals surface area contributed by atoms with Crippen LogP contribution < -0.4 is 0 Å². The van der Waals surface area contributed by atoms with Crippen molar-refractivity contribution in [1.29, 1.82) is 0 Å². The highest BCUT2D eigenvalue weighted by molar-refractivity contribution is 6.32. The Labute approximate surface area is 134 Å². The normalized spacial score (nSPS) is 11.5. The van der Waals surface area contributed by atoms with Crippen molar-refractivity contribution < 1.29 is 4.52 Å². The Kier molecular flexibility index (Phi) is 4.14. The SMILES string of the molecule is Cc1noc(C)c1CN(C)Cc1c(Cl)ccc2cccnc12. The third-order valence-corrected chi connectivity index (χ3v) is 4.21. The van der Waals surface area contributed by atoms with E-state index in [0.717, 1.165) is 51.6 Å². The van der Waals surface area contributed by atoms with Crippen molar-refractivity contribution >= 4 is 22.5 Å². The van der Waals surface area contributed by atoms with Crippen LogP contribution >= 0.6 is 11.6 Å². The number of aryl methyl sites for hydroxylation is 2. The number of rotatable bonds is 4. The number of hydrogen-bond acceptors (Lipinski definition) is 4.